The Bertz CT molecular complexity index is 1120. The predicted octanol–water partition coefficient (Wildman–Crippen LogP) is 5.59. The van der Waals surface area contributed by atoms with Gasteiger partial charge in [0.15, 0.2) is 0 Å². The zero-order chi connectivity index (χ0) is 24.1. The van der Waals surface area contributed by atoms with E-state index in [2.05, 4.69) is 0 Å². The Morgan fingerprint density at radius 2 is 2.03 bits per heavy atom. The van der Waals surface area contributed by atoms with Crippen LogP contribution in [0, 0.1) is 12.7 Å². The van der Waals surface area contributed by atoms with Gasteiger partial charge in [-0.2, -0.15) is 5.10 Å². The molecule has 0 unspecified atom stereocenters. The van der Waals surface area contributed by atoms with E-state index in [-0.39, 0.29) is 17.8 Å². The number of rotatable bonds is 9. The number of nitrogens with zero attached hydrogens (tertiary/aromatic N) is 3. The van der Waals surface area contributed by atoms with E-state index >= 15 is 0 Å². The average Bonchev–Trinajstić information content (AvgIpc) is 3.47. The molecule has 3 aromatic rings. The van der Waals surface area contributed by atoms with Crippen molar-refractivity contribution >= 4 is 5.91 Å². The third-order valence-electron chi connectivity index (χ3n) is 6.08. The molecule has 1 saturated heterocycles. The molecule has 0 radical (unpaired) electrons. The summed E-state index contributed by atoms with van der Waals surface area (Å²) in [5.41, 5.74) is 3.46. The van der Waals surface area contributed by atoms with Crippen LogP contribution in [0.25, 0.3) is 5.69 Å². The Balaban J connectivity index is 1.77. The van der Waals surface area contributed by atoms with E-state index in [1.807, 2.05) is 49.9 Å². The molecule has 7 heteroatoms. The zero-order valence-corrected chi connectivity index (χ0v) is 20.1. The summed E-state index contributed by atoms with van der Waals surface area (Å²) in [6.07, 6.45) is 3.10. The largest absolute Gasteiger partial charge is 0.439 e. The lowest BCUT2D eigenvalue weighted by molar-refractivity contribution is -0.133. The highest BCUT2D eigenvalue weighted by molar-refractivity contribution is 5.76. The van der Waals surface area contributed by atoms with Crippen LogP contribution in [0.3, 0.4) is 0 Å². The van der Waals surface area contributed by atoms with Crippen LogP contribution in [-0.2, 0) is 22.5 Å². The number of hydrogen-bond donors (Lipinski definition) is 0. The molecule has 1 aliphatic heterocycles. The van der Waals surface area contributed by atoms with Gasteiger partial charge in [-0.25, -0.2) is 9.07 Å². The molecular weight excluding hydrogens is 433 g/mol. The number of aryl methyl sites for hydroxylation is 2. The summed E-state index contributed by atoms with van der Waals surface area (Å²) in [6, 6.07) is 14.0. The van der Waals surface area contributed by atoms with Crippen molar-refractivity contribution in [1.29, 1.82) is 0 Å². The van der Waals surface area contributed by atoms with E-state index in [0.29, 0.717) is 43.2 Å². The summed E-state index contributed by atoms with van der Waals surface area (Å²) in [4.78, 5) is 14.7. The number of ether oxygens (including phenoxy) is 2. The number of carbonyl (C=O) groups is 1. The Morgan fingerprint density at radius 3 is 2.68 bits per heavy atom. The lowest BCUT2D eigenvalue weighted by Gasteiger charge is -2.25. The molecule has 1 fully saturated rings. The SMILES string of the molecule is CCC(=O)N(Cc1c(CC)nn(-c2ccc(F)cc2)c1Oc1cccc(C)c1)C[C@H]1CCCO1. The summed E-state index contributed by atoms with van der Waals surface area (Å²) in [5.74, 6) is 0.966. The van der Waals surface area contributed by atoms with Gasteiger partial charge in [-0.1, -0.05) is 26.0 Å². The lowest BCUT2D eigenvalue weighted by atomic mass is 10.1. The van der Waals surface area contributed by atoms with Gasteiger partial charge in [0.2, 0.25) is 11.8 Å². The first-order chi connectivity index (χ1) is 16.5. The minimum atomic E-state index is -0.315. The van der Waals surface area contributed by atoms with Gasteiger partial charge in [-0.3, -0.25) is 4.79 Å². The van der Waals surface area contributed by atoms with Crippen LogP contribution in [0.1, 0.15) is 49.9 Å². The number of amides is 1. The number of carbonyl (C=O) groups excluding carboxylic acids is 1. The van der Waals surface area contributed by atoms with Crippen LogP contribution in [0.4, 0.5) is 4.39 Å². The van der Waals surface area contributed by atoms with Crippen molar-refractivity contribution in [3.05, 3.63) is 71.2 Å². The molecule has 2 aromatic carbocycles. The van der Waals surface area contributed by atoms with E-state index in [0.717, 1.165) is 36.3 Å². The highest BCUT2D eigenvalue weighted by Gasteiger charge is 2.27. The second-order valence-electron chi connectivity index (χ2n) is 8.65. The van der Waals surface area contributed by atoms with Crippen LogP contribution in [-0.4, -0.2) is 39.8 Å². The van der Waals surface area contributed by atoms with Gasteiger partial charge in [-0.15, -0.1) is 0 Å². The average molecular weight is 466 g/mol. The van der Waals surface area contributed by atoms with Crippen LogP contribution in [0.2, 0.25) is 0 Å². The molecule has 0 spiro atoms. The molecule has 34 heavy (non-hydrogen) atoms. The first-order valence-corrected chi connectivity index (χ1v) is 12.0. The van der Waals surface area contributed by atoms with Crippen molar-refractivity contribution in [1.82, 2.24) is 14.7 Å². The molecule has 2 heterocycles. The number of halogens is 1. The molecule has 1 aliphatic rings. The lowest BCUT2D eigenvalue weighted by Crippen LogP contribution is -2.36. The second-order valence-corrected chi connectivity index (χ2v) is 8.65. The topological polar surface area (TPSA) is 56.6 Å². The van der Waals surface area contributed by atoms with Gasteiger partial charge in [0.05, 0.1) is 29.6 Å². The number of hydrogen-bond acceptors (Lipinski definition) is 4. The van der Waals surface area contributed by atoms with E-state index in [9.17, 15) is 9.18 Å². The van der Waals surface area contributed by atoms with Crippen molar-refractivity contribution in [3.8, 4) is 17.3 Å². The van der Waals surface area contributed by atoms with Gasteiger partial charge in [0.25, 0.3) is 0 Å². The monoisotopic (exact) mass is 465 g/mol. The maximum absolute atomic E-state index is 13.6. The summed E-state index contributed by atoms with van der Waals surface area (Å²) >= 11 is 0. The van der Waals surface area contributed by atoms with E-state index < -0.39 is 0 Å². The molecule has 1 amide bonds. The summed E-state index contributed by atoms with van der Waals surface area (Å²) in [6.45, 7) is 7.56. The fraction of sp³-hybridized carbons (Fsp3) is 0.407. The van der Waals surface area contributed by atoms with Crippen molar-refractivity contribution < 1.29 is 18.7 Å². The van der Waals surface area contributed by atoms with Gasteiger partial charge < -0.3 is 14.4 Å². The van der Waals surface area contributed by atoms with E-state index in [1.165, 1.54) is 12.1 Å². The van der Waals surface area contributed by atoms with Crippen LogP contribution < -0.4 is 4.74 Å². The minimum absolute atomic E-state index is 0.0499. The molecule has 6 nitrogen and oxygen atoms in total. The summed E-state index contributed by atoms with van der Waals surface area (Å²) in [7, 11) is 0. The number of benzene rings is 2. The van der Waals surface area contributed by atoms with Gasteiger partial charge >= 0.3 is 0 Å². The van der Waals surface area contributed by atoms with Crippen LogP contribution in [0.15, 0.2) is 48.5 Å². The Kier molecular flexibility index (Phi) is 7.63. The molecule has 0 bridgehead atoms. The molecule has 1 atom stereocenters. The fourth-order valence-corrected chi connectivity index (χ4v) is 4.28. The second kappa shape index (κ2) is 10.8. The summed E-state index contributed by atoms with van der Waals surface area (Å²) in [5, 5.41) is 4.82. The van der Waals surface area contributed by atoms with Crippen molar-refractivity contribution in [3.63, 3.8) is 0 Å². The van der Waals surface area contributed by atoms with Crippen molar-refractivity contribution in [2.24, 2.45) is 0 Å². The summed E-state index contributed by atoms with van der Waals surface area (Å²) < 4.78 is 27.6. The normalized spacial score (nSPS) is 15.5. The molecular formula is C27H32FN3O3. The Hall–Kier alpha value is -3.19. The third kappa shape index (κ3) is 5.47. The molecule has 4 rings (SSSR count). The van der Waals surface area contributed by atoms with E-state index in [4.69, 9.17) is 14.6 Å². The smallest absolute Gasteiger partial charge is 0.227 e. The maximum atomic E-state index is 13.6. The maximum Gasteiger partial charge on any atom is 0.227 e. The van der Waals surface area contributed by atoms with Crippen molar-refractivity contribution in [2.45, 2.75) is 59.1 Å². The zero-order valence-electron chi connectivity index (χ0n) is 20.1. The van der Waals surface area contributed by atoms with Gasteiger partial charge in [0, 0.05) is 19.6 Å². The molecule has 0 aliphatic carbocycles. The van der Waals surface area contributed by atoms with Gasteiger partial charge in [0.1, 0.15) is 11.6 Å². The first kappa shape index (κ1) is 24.0. The molecule has 180 valence electrons. The highest BCUT2D eigenvalue weighted by Crippen LogP contribution is 2.33. The standard InChI is InChI=1S/C27H32FN3O3/c1-4-25-24(18-30(26(32)5-2)17-23-10-7-15-33-23)27(34-22-9-6-8-19(3)16-22)31(29-25)21-13-11-20(28)12-14-21/h6,8-9,11-14,16,23H,4-5,7,10,15,17-18H2,1-3H3/t23-/m1/s1. The number of aromatic nitrogens is 2. The van der Waals surface area contributed by atoms with Crippen LogP contribution >= 0.6 is 0 Å². The quantitative estimate of drug-likeness (QED) is 0.413. The van der Waals surface area contributed by atoms with Crippen LogP contribution in [0.5, 0.6) is 11.6 Å². The van der Waals surface area contributed by atoms with E-state index in [1.54, 1.807) is 16.8 Å². The molecule has 1 aromatic heterocycles. The van der Waals surface area contributed by atoms with Crippen molar-refractivity contribution in [2.75, 3.05) is 13.2 Å². The molecule has 0 N–H and O–H groups in total. The Labute approximate surface area is 200 Å². The predicted molar refractivity (Wildman–Crippen MR) is 129 cm³/mol. The third-order valence-corrected chi connectivity index (χ3v) is 6.08. The fourth-order valence-electron chi connectivity index (χ4n) is 4.28. The molecule has 0 saturated carbocycles. The van der Waals surface area contributed by atoms with Gasteiger partial charge in [-0.05, 0) is 68.1 Å². The first-order valence-electron chi connectivity index (χ1n) is 12.0. The Morgan fingerprint density at radius 1 is 1.24 bits per heavy atom. The minimum Gasteiger partial charge on any atom is -0.439 e. The highest BCUT2D eigenvalue weighted by atomic mass is 19.1.